The van der Waals surface area contributed by atoms with Crippen LogP contribution in [0, 0.1) is 0 Å². The van der Waals surface area contributed by atoms with Gasteiger partial charge in [0.15, 0.2) is 11.8 Å². The van der Waals surface area contributed by atoms with Crippen molar-refractivity contribution >= 4 is 28.7 Å². The largest absolute Gasteiger partial charge is 0.448 e. The molecule has 1 aromatic carbocycles. The van der Waals surface area contributed by atoms with Crippen LogP contribution in [-0.2, 0) is 9.53 Å². The van der Waals surface area contributed by atoms with Crippen LogP contribution in [0.2, 0.25) is 0 Å². The molecule has 2 aromatic rings. The molecule has 0 saturated heterocycles. The van der Waals surface area contributed by atoms with Crippen LogP contribution in [0.3, 0.4) is 0 Å². The summed E-state index contributed by atoms with van der Waals surface area (Å²) in [7, 11) is 0. The lowest BCUT2D eigenvalue weighted by atomic mass is 10.1. The number of hydrogen-bond donors (Lipinski definition) is 2. The highest BCUT2D eigenvalue weighted by molar-refractivity contribution is 6.03. The van der Waals surface area contributed by atoms with Crippen molar-refractivity contribution in [1.29, 1.82) is 0 Å². The van der Waals surface area contributed by atoms with Crippen LogP contribution < -0.4 is 16.2 Å². The first-order chi connectivity index (χ1) is 14.3. The van der Waals surface area contributed by atoms with Crippen molar-refractivity contribution in [1.82, 2.24) is 20.4 Å². The van der Waals surface area contributed by atoms with Gasteiger partial charge in [-0.05, 0) is 39.7 Å². The van der Waals surface area contributed by atoms with Crippen molar-refractivity contribution < 1.29 is 19.1 Å². The third-order valence-corrected chi connectivity index (χ3v) is 5.09. The molecular formula is C21H26N4O5. The number of hydrogen-bond acceptors (Lipinski definition) is 6. The summed E-state index contributed by atoms with van der Waals surface area (Å²) in [6.07, 6.45) is 2.65. The fraction of sp³-hybridized carbons (Fsp3) is 0.476. The molecule has 30 heavy (non-hydrogen) atoms. The lowest BCUT2D eigenvalue weighted by Crippen LogP contribution is -2.47. The average Bonchev–Trinajstić information content (AvgIpc) is 3.20. The molecule has 0 radical (unpaired) electrons. The maximum atomic E-state index is 12.7. The summed E-state index contributed by atoms with van der Waals surface area (Å²) in [6.45, 7) is 4.92. The molecule has 1 unspecified atom stereocenters. The van der Waals surface area contributed by atoms with E-state index in [1.54, 1.807) is 38.1 Å². The van der Waals surface area contributed by atoms with Crippen molar-refractivity contribution in [2.24, 2.45) is 0 Å². The van der Waals surface area contributed by atoms with Gasteiger partial charge in [-0.3, -0.25) is 14.9 Å². The third kappa shape index (κ3) is 4.67. The molecule has 0 bridgehead atoms. The van der Waals surface area contributed by atoms with Gasteiger partial charge in [0.05, 0.1) is 11.4 Å². The Hall–Kier alpha value is -3.23. The van der Waals surface area contributed by atoms with Crippen LogP contribution in [0.15, 0.2) is 29.1 Å². The second-order valence-corrected chi connectivity index (χ2v) is 7.73. The number of amides is 3. The van der Waals surface area contributed by atoms with E-state index in [1.807, 2.05) is 0 Å². The Labute approximate surface area is 173 Å². The summed E-state index contributed by atoms with van der Waals surface area (Å²) in [5.41, 5.74) is -0.375. The number of esters is 1. The van der Waals surface area contributed by atoms with E-state index in [1.165, 1.54) is 11.6 Å². The molecule has 9 nitrogen and oxygen atoms in total. The SMILES string of the molecule is CC(OC(=O)c1nn(C(C)C)c(=O)c2ccccc12)C(=O)NC(=O)NC1CCCC1. The van der Waals surface area contributed by atoms with E-state index >= 15 is 0 Å². The minimum atomic E-state index is -1.22. The summed E-state index contributed by atoms with van der Waals surface area (Å²) in [5, 5.41) is 9.77. The van der Waals surface area contributed by atoms with E-state index < -0.39 is 24.0 Å². The fourth-order valence-electron chi connectivity index (χ4n) is 3.48. The number of nitrogens with zero attached hydrogens (tertiary/aromatic N) is 2. The molecular weight excluding hydrogens is 388 g/mol. The van der Waals surface area contributed by atoms with Gasteiger partial charge in [0.25, 0.3) is 11.5 Å². The first-order valence-electron chi connectivity index (χ1n) is 10.1. The number of rotatable bonds is 5. The van der Waals surface area contributed by atoms with E-state index in [9.17, 15) is 19.2 Å². The predicted molar refractivity (Wildman–Crippen MR) is 110 cm³/mol. The van der Waals surface area contributed by atoms with Gasteiger partial charge in [-0.15, -0.1) is 0 Å². The Kier molecular flexibility index (Phi) is 6.49. The topological polar surface area (TPSA) is 119 Å². The van der Waals surface area contributed by atoms with Crippen LogP contribution in [0.1, 0.15) is 63.0 Å². The third-order valence-electron chi connectivity index (χ3n) is 5.09. The molecule has 1 fully saturated rings. The van der Waals surface area contributed by atoms with E-state index in [-0.39, 0.29) is 23.3 Å². The molecule has 3 rings (SSSR count). The molecule has 0 spiro atoms. The van der Waals surface area contributed by atoms with Crippen molar-refractivity contribution in [3.8, 4) is 0 Å². The normalized spacial score (nSPS) is 15.2. The zero-order chi connectivity index (χ0) is 21.8. The number of aromatic nitrogens is 2. The first kappa shape index (κ1) is 21.5. The second kappa shape index (κ2) is 9.06. The summed E-state index contributed by atoms with van der Waals surface area (Å²) >= 11 is 0. The minimum Gasteiger partial charge on any atom is -0.448 e. The monoisotopic (exact) mass is 414 g/mol. The van der Waals surface area contributed by atoms with E-state index in [0.29, 0.717) is 10.8 Å². The fourth-order valence-corrected chi connectivity index (χ4v) is 3.48. The Morgan fingerprint density at radius 2 is 1.73 bits per heavy atom. The number of carbonyl (C=O) groups excluding carboxylic acids is 3. The summed E-state index contributed by atoms with van der Waals surface area (Å²) in [4.78, 5) is 49.6. The highest BCUT2D eigenvalue weighted by Gasteiger charge is 2.25. The first-order valence-corrected chi connectivity index (χ1v) is 10.1. The molecule has 9 heteroatoms. The van der Waals surface area contributed by atoms with E-state index in [0.717, 1.165) is 25.7 Å². The van der Waals surface area contributed by atoms with Gasteiger partial charge in [0.1, 0.15) is 0 Å². The zero-order valence-corrected chi connectivity index (χ0v) is 17.3. The van der Waals surface area contributed by atoms with Crippen LogP contribution in [-0.4, -0.2) is 39.8 Å². The minimum absolute atomic E-state index is 0.0586. The summed E-state index contributed by atoms with van der Waals surface area (Å²) in [6, 6.07) is 5.78. The van der Waals surface area contributed by atoms with Gasteiger partial charge >= 0.3 is 12.0 Å². The standard InChI is InChI=1S/C21H26N4O5/c1-12(2)25-19(27)16-11-7-6-10-15(16)17(24-25)20(28)30-13(3)18(26)23-21(29)22-14-8-4-5-9-14/h6-7,10-14H,4-5,8-9H2,1-3H3,(H2,22,23,26,29). The highest BCUT2D eigenvalue weighted by atomic mass is 16.5. The van der Waals surface area contributed by atoms with Crippen molar-refractivity contribution in [2.45, 2.75) is 64.6 Å². The molecule has 1 heterocycles. The molecule has 0 aliphatic heterocycles. The number of benzene rings is 1. The quantitative estimate of drug-likeness (QED) is 0.725. The van der Waals surface area contributed by atoms with Gasteiger partial charge in [0.2, 0.25) is 0 Å². The Morgan fingerprint density at radius 1 is 1.10 bits per heavy atom. The highest BCUT2D eigenvalue weighted by Crippen LogP contribution is 2.18. The van der Waals surface area contributed by atoms with Crippen molar-refractivity contribution in [3.05, 3.63) is 40.3 Å². The van der Waals surface area contributed by atoms with Gasteiger partial charge in [0, 0.05) is 11.4 Å². The van der Waals surface area contributed by atoms with Gasteiger partial charge in [-0.1, -0.05) is 31.0 Å². The van der Waals surface area contributed by atoms with Crippen LogP contribution in [0.4, 0.5) is 4.79 Å². The number of urea groups is 1. The molecule has 1 aliphatic rings. The van der Waals surface area contributed by atoms with E-state index in [4.69, 9.17) is 4.74 Å². The lowest BCUT2D eigenvalue weighted by molar-refractivity contribution is -0.127. The molecule has 2 N–H and O–H groups in total. The number of nitrogens with one attached hydrogen (secondary N) is 2. The molecule has 1 atom stereocenters. The number of ether oxygens (including phenoxy) is 1. The predicted octanol–water partition coefficient (Wildman–Crippen LogP) is 2.29. The lowest BCUT2D eigenvalue weighted by Gasteiger charge is -2.17. The molecule has 1 aromatic heterocycles. The van der Waals surface area contributed by atoms with E-state index in [2.05, 4.69) is 15.7 Å². The number of carbonyl (C=O) groups is 3. The smallest absolute Gasteiger partial charge is 0.360 e. The average molecular weight is 414 g/mol. The second-order valence-electron chi connectivity index (χ2n) is 7.73. The van der Waals surface area contributed by atoms with Crippen LogP contribution >= 0.6 is 0 Å². The molecule has 1 saturated carbocycles. The molecule has 3 amide bonds. The van der Waals surface area contributed by atoms with Crippen molar-refractivity contribution in [3.63, 3.8) is 0 Å². The number of imide groups is 1. The zero-order valence-electron chi connectivity index (χ0n) is 17.3. The maximum absolute atomic E-state index is 12.7. The van der Waals surface area contributed by atoms with Crippen LogP contribution in [0.5, 0.6) is 0 Å². The Bertz CT molecular complexity index is 1020. The van der Waals surface area contributed by atoms with Gasteiger partial charge in [-0.2, -0.15) is 5.10 Å². The van der Waals surface area contributed by atoms with Gasteiger partial charge in [-0.25, -0.2) is 14.3 Å². The summed E-state index contributed by atoms with van der Waals surface area (Å²) < 4.78 is 6.45. The molecule has 160 valence electrons. The maximum Gasteiger partial charge on any atom is 0.360 e. The summed E-state index contributed by atoms with van der Waals surface area (Å²) in [5.74, 6) is -1.58. The Balaban J connectivity index is 1.74. The van der Waals surface area contributed by atoms with Crippen molar-refractivity contribution in [2.75, 3.05) is 0 Å². The Morgan fingerprint density at radius 3 is 2.37 bits per heavy atom. The molecule has 1 aliphatic carbocycles. The van der Waals surface area contributed by atoms with Gasteiger partial charge < -0.3 is 10.1 Å². The van der Waals surface area contributed by atoms with Crippen LogP contribution in [0.25, 0.3) is 10.8 Å². The number of fused-ring (bicyclic) bond motifs is 1.